The molecule has 3 aromatic rings. The zero-order valence-corrected chi connectivity index (χ0v) is 16.0. The highest BCUT2D eigenvalue weighted by Gasteiger charge is 2.30. The number of aromatic nitrogens is 4. The van der Waals surface area contributed by atoms with E-state index in [1.165, 1.54) is 0 Å². The van der Waals surface area contributed by atoms with Gasteiger partial charge in [0.05, 0.1) is 6.54 Å². The third kappa shape index (κ3) is 3.84. The van der Waals surface area contributed by atoms with Crippen molar-refractivity contribution in [3.63, 3.8) is 0 Å². The molecule has 0 radical (unpaired) electrons. The molecule has 1 amide bonds. The summed E-state index contributed by atoms with van der Waals surface area (Å²) >= 11 is 0. The Labute approximate surface area is 164 Å². The number of aliphatic hydroxyl groups excluding tert-OH is 1. The number of aryl methyl sites for hydroxylation is 1. The lowest BCUT2D eigenvalue weighted by molar-refractivity contribution is 0.0420. The summed E-state index contributed by atoms with van der Waals surface area (Å²) in [5, 5.41) is 14.8. The Hall–Kier alpha value is -2.93. The molecule has 0 saturated carbocycles. The smallest absolute Gasteiger partial charge is 0.253 e. The molecule has 3 heterocycles. The minimum absolute atomic E-state index is 0.0484. The molecular formula is C21H25N5O2. The minimum atomic E-state index is -0.588. The number of rotatable bonds is 5. The number of hydrogen-bond acceptors (Lipinski definition) is 4. The predicted molar refractivity (Wildman–Crippen MR) is 105 cm³/mol. The molecule has 0 aliphatic carbocycles. The van der Waals surface area contributed by atoms with E-state index in [1.807, 2.05) is 63.9 Å². The minimum Gasteiger partial charge on any atom is -0.385 e. The highest BCUT2D eigenvalue weighted by atomic mass is 16.3. The molecule has 7 heteroatoms. The number of hydrogen-bond donors (Lipinski definition) is 1. The molecule has 146 valence electrons. The molecule has 28 heavy (non-hydrogen) atoms. The Morgan fingerprint density at radius 2 is 2.04 bits per heavy atom. The van der Waals surface area contributed by atoms with Gasteiger partial charge in [0.25, 0.3) is 5.91 Å². The van der Waals surface area contributed by atoms with Crippen molar-refractivity contribution in [2.45, 2.75) is 25.5 Å². The van der Waals surface area contributed by atoms with Crippen molar-refractivity contribution >= 4 is 5.91 Å². The Kier molecular flexibility index (Phi) is 5.25. The van der Waals surface area contributed by atoms with E-state index in [0.29, 0.717) is 31.0 Å². The highest BCUT2D eigenvalue weighted by Crippen LogP contribution is 2.30. The van der Waals surface area contributed by atoms with Gasteiger partial charge in [-0.25, -0.2) is 4.98 Å². The fourth-order valence-corrected chi connectivity index (χ4v) is 3.86. The second kappa shape index (κ2) is 7.98. The first kappa shape index (κ1) is 18.4. The van der Waals surface area contributed by atoms with E-state index in [2.05, 4.69) is 10.1 Å². The largest absolute Gasteiger partial charge is 0.385 e. The first-order chi connectivity index (χ1) is 13.6. The standard InChI is InChI=1S/C21H25N5O2/c1-24-13-9-22-20(24)19(27)17-6-11-25(12-7-17)21(28)18-5-2-4-16(14-18)15-26-10-3-8-23-26/h2-5,8-10,13-14,17,19,27H,6-7,11-12,15H2,1H3/t19-/m0/s1. The van der Waals surface area contributed by atoms with Crippen molar-refractivity contribution in [3.8, 4) is 0 Å². The molecule has 1 N–H and O–H groups in total. The second-order valence-electron chi connectivity index (χ2n) is 7.37. The molecule has 2 aromatic heterocycles. The van der Waals surface area contributed by atoms with Gasteiger partial charge in [0.15, 0.2) is 0 Å². The molecule has 1 saturated heterocycles. The topological polar surface area (TPSA) is 76.2 Å². The van der Waals surface area contributed by atoms with Crippen LogP contribution in [0, 0.1) is 5.92 Å². The van der Waals surface area contributed by atoms with Crippen LogP contribution in [-0.4, -0.2) is 48.3 Å². The van der Waals surface area contributed by atoms with Crippen LogP contribution in [0.1, 0.15) is 40.7 Å². The summed E-state index contributed by atoms with van der Waals surface area (Å²) in [6.07, 6.45) is 8.15. The van der Waals surface area contributed by atoms with E-state index in [1.54, 1.807) is 12.4 Å². The number of nitrogens with zero attached hydrogens (tertiary/aromatic N) is 5. The summed E-state index contributed by atoms with van der Waals surface area (Å²) in [4.78, 5) is 19.1. The van der Waals surface area contributed by atoms with Gasteiger partial charge in [0.1, 0.15) is 11.9 Å². The molecule has 1 atom stereocenters. The van der Waals surface area contributed by atoms with Crippen LogP contribution in [-0.2, 0) is 13.6 Å². The third-order valence-corrected chi connectivity index (χ3v) is 5.47. The van der Waals surface area contributed by atoms with E-state index in [-0.39, 0.29) is 11.8 Å². The summed E-state index contributed by atoms with van der Waals surface area (Å²) in [5.74, 6) is 0.861. The number of imidazole rings is 1. The summed E-state index contributed by atoms with van der Waals surface area (Å²) in [6, 6.07) is 9.62. The van der Waals surface area contributed by atoms with E-state index < -0.39 is 6.10 Å². The lowest BCUT2D eigenvalue weighted by Gasteiger charge is -2.34. The number of piperidine rings is 1. The number of carbonyl (C=O) groups excluding carboxylic acids is 1. The SMILES string of the molecule is Cn1ccnc1[C@@H](O)C1CCN(C(=O)c2cccc(Cn3cccn3)c2)CC1. The van der Waals surface area contributed by atoms with Crippen molar-refractivity contribution < 1.29 is 9.90 Å². The highest BCUT2D eigenvalue weighted by molar-refractivity contribution is 5.94. The van der Waals surface area contributed by atoms with Crippen molar-refractivity contribution in [3.05, 3.63) is 72.1 Å². The maximum Gasteiger partial charge on any atom is 0.253 e. The molecular weight excluding hydrogens is 354 g/mol. The van der Waals surface area contributed by atoms with Gasteiger partial charge in [0, 0.05) is 50.5 Å². The molecule has 0 bridgehead atoms. The monoisotopic (exact) mass is 379 g/mol. The van der Waals surface area contributed by atoms with Crippen LogP contribution in [0.25, 0.3) is 0 Å². The van der Waals surface area contributed by atoms with Gasteiger partial charge in [-0.1, -0.05) is 12.1 Å². The van der Waals surface area contributed by atoms with Crippen LogP contribution >= 0.6 is 0 Å². The molecule has 0 spiro atoms. The lowest BCUT2D eigenvalue weighted by atomic mass is 9.90. The first-order valence-electron chi connectivity index (χ1n) is 9.63. The van der Waals surface area contributed by atoms with Crippen LogP contribution in [0.15, 0.2) is 55.1 Å². The first-order valence-corrected chi connectivity index (χ1v) is 9.63. The quantitative estimate of drug-likeness (QED) is 0.738. The Morgan fingerprint density at radius 1 is 1.21 bits per heavy atom. The van der Waals surface area contributed by atoms with Crippen LogP contribution in [0.4, 0.5) is 0 Å². The van der Waals surface area contributed by atoms with Gasteiger partial charge in [-0.05, 0) is 42.5 Å². The summed E-state index contributed by atoms with van der Waals surface area (Å²) in [5.41, 5.74) is 1.75. The average Bonchev–Trinajstić information content (AvgIpc) is 3.39. The molecule has 7 nitrogen and oxygen atoms in total. The summed E-state index contributed by atoms with van der Waals surface area (Å²) < 4.78 is 3.70. The second-order valence-corrected chi connectivity index (χ2v) is 7.37. The van der Waals surface area contributed by atoms with Gasteiger partial charge in [0.2, 0.25) is 0 Å². The zero-order valence-electron chi connectivity index (χ0n) is 16.0. The van der Waals surface area contributed by atoms with Gasteiger partial charge >= 0.3 is 0 Å². The average molecular weight is 379 g/mol. The van der Waals surface area contributed by atoms with Crippen molar-refractivity contribution in [1.82, 2.24) is 24.2 Å². The lowest BCUT2D eigenvalue weighted by Crippen LogP contribution is -2.40. The predicted octanol–water partition coefficient (Wildman–Crippen LogP) is 2.25. The van der Waals surface area contributed by atoms with Crippen LogP contribution < -0.4 is 0 Å². The summed E-state index contributed by atoms with van der Waals surface area (Å²) in [7, 11) is 1.89. The maximum atomic E-state index is 12.9. The Bertz CT molecular complexity index is 926. The third-order valence-electron chi connectivity index (χ3n) is 5.47. The number of amides is 1. The number of likely N-dealkylation sites (tertiary alicyclic amines) is 1. The maximum absolute atomic E-state index is 12.9. The van der Waals surface area contributed by atoms with Crippen molar-refractivity contribution in [2.24, 2.45) is 13.0 Å². The van der Waals surface area contributed by atoms with Gasteiger partial charge in [-0.2, -0.15) is 5.10 Å². The van der Waals surface area contributed by atoms with Crippen LogP contribution in [0.5, 0.6) is 0 Å². The normalized spacial score (nSPS) is 16.3. The molecule has 1 aliphatic rings. The molecule has 1 aliphatic heterocycles. The molecule has 1 fully saturated rings. The van der Waals surface area contributed by atoms with E-state index in [0.717, 1.165) is 18.4 Å². The van der Waals surface area contributed by atoms with Crippen molar-refractivity contribution in [1.29, 1.82) is 0 Å². The van der Waals surface area contributed by atoms with Gasteiger partial charge in [-0.15, -0.1) is 0 Å². The van der Waals surface area contributed by atoms with E-state index in [4.69, 9.17) is 0 Å². The Morgan fingerprint density at radius 3 is 2.71 bits per heavy atom. The van der Waals surface area contributed by atoms with Crippen molar-refractivity contribution in [2.75, 3.05) is 13.1 Å². The fourth-order valence-electron chi connectivity index (χ4n) is 3.86. The number of carbonyl (C=O) groups is 1. The Balaban J connectivity index is 1.38. The zero-order chi connectivity index (χ0) is 19.5. The van der Waals surface area contributed by atoms with Crippen LogP contribution in [0.2, 0.25) is 0 Å². The van der Waals surface area contributed by atoms with Gasteiger partial charge in [-0.3, -0.25) is 9.48 Å². The van der Waals surface area contributed by atoms with Gasteiger partial charge < -0.3 is 14.6 Å². The number of aliphatic hydroxyl groups is 1. The summed E-state index contributed by atoms with van der Waals surface area (Å²) in [6.45, 7) is 1.94. The molecule has 1 aromatic carbocycles. The van der Waals surface area contributed by atoms with Crippen LogP contribution in [0.3, 0.4) is 0 Å². The number of benzene rings is 1. The molecule has 4 rings (SSSR count). The molecule has 0 unspecified atom stereocenters. The van der Waals surface area contributed by atoms with E-state index in [9.17, 15) is 9.90 Å². The fraction of sp³-hybridized carbons (Fsp3) is 0.381. The van der Waals surface area contributed by atoms with E-state index >= 15 is 0 Å².